The lowest BCUT2D eigenvalue weighted by Crippen LogP contribution is -2.24. The fourth-order valence-electron chi connectivity index (χ4n) is 2.31. The number of fused-ring (bicyclic) bond motifs is 1. The SMILES string of the molecule is OCC(NCc1ccccc1)c1cc(Br)c2c(c1)OCO2. The fourth-order valence-corrected chi connectivity index (χ4v) is 2.89. The van der Waals surface area contributed by atoms with Gasteiger partial charge in [0, 0.05) is 6.54 Å². The summed E-state index contributed by atoms with van der Waals surface area (Å²) in [7, 11) is 0. The molecule has 1 unspecified atom stereocenters. The highest BCUT2D eigenvalue weighted by Crippen LogP contribution is 2.41. The largest absolute Gasteiger partial charge is 0.454 e. The Labute approximate surface area is 131 Å². The predicted molar refractivity (Wildman–Crippen MR) is 83.4 cm³/mol. The number of nitrogens with one attached hydrogen (secondary N) is 1. The Morgan fingerprint density at radius 3 is 2.76 bits per heavy atom. The van der Waals surface area contributed by atoms with Gasteiger partial charge in [0.05, 0.1) is 17.1 Å². The Morgan fingerprint density at radius 2 is 2.00 bits per heavy atom. The lowest BCUT2D eigenvalue weighted by Gasteiger charge is -2.18. The summed E-state index contributed by atoms with van der Waals surface area (Å²) in [6.07, 6.45) is 0. The first-order valence-corrected chi connectivity index (χ1v) is 7.54. The molecule has 2 aromatic carbocycles. The molecule has 4 nitrogen and oxygen atoms in total. The van der Waals surface area contributed by atoms with Gasteiger partial charge in [-0.15, -0.1) is 0 Å². The highest BCUT2D eigenvalue weighted by Gasteiger charge is 2.21. The van der Waals surface area contributed by atoms with Crippen molar-refractivity contribution in [1.82, 2.24) is 5.32 Å². The Morgan fingerprint density at radius 1 is 1.19 bits per heavy atom. The van der Waals surface area contributed by atoms with Gasteiger partial charge in [0.25, 0.3) is 0 Å². The molecule has 1 heterocycles. The van der Waals surface area contributed by atoms with Crippen molar-refractivity contribution in [2.75, 3.05) is 13.4 Å². The minimum absolute atomic E-state index is 0.0128. The minimum Gasteiger partial charge on any atom is -0.454 e. The van der Waals surface area contributed by atoms with E-state index < -0.39 is 0 Å². The molecule has 0 saturated heterocycles. The van der Waals surface area contributed by atoms with Crippen LogP contribution in [-0.2, 0) is 6.54 Å². The average Bonchev–Trinajstić information content (AvgIpc) is 2.98. The molecule has 1 aliphatic heterocycles. The van der Waals surface area contributed by atoms with Crippen molar-refractivity contribution in [3.63, 3.8) is 0 Å². The average molecular weight is 350 g/mol. The maximum absolute atomic E-state index is 9.65. The monoisotopic (exact) mass is 349 g/mol. The maximum Gasteiger partial charge on any atom is 0.231 e. The van der Waals surface area contributed by atoms with E-state index in [0.29, 0.717) is 12.3 Å². The molecule has 3 rings (SSSR count). The predicted octanol–water partition coefficient (Wildman–Crippen LogP) is 3.00. The van der Waals surface area contributed by atoms with Gasteiger partial charge >= 0.3 is 0 Å². The van der Waals surface area contributed by atoms with Crippen LogP contribution in [-0.4, -0.2) is 18.5 Å². The Hall–Kier alpha value is -1.56. The molecule has 0 aromatic heterocycles. The van der Waals surface area contributed by atoms with Crippen LogP contribution < -0.4 is 14.8 Å². The van der Waals surface area contributed by atoms with Crippen LogP contribution in [0.25, 0.3) is 0 Å². The molecule has 21 heavy (non-hydrogen) atoms. The lowest BCUT2D eigenvalue weighted by atomic mass is 10.1. The van der Waals surface area contributed by atoms with E-state index >= 15 is 0 Å². The number of rotatable bonds is 5. The molecule has 1 aliphatic rings. The van der Waals surface area contributed by atoms with Crippen LogP contribution in [0.4, 0.5) is 0 Å². The van der Waals surface area contributed by atoms with Crippen molar-refractivity contribution in [2.45, 2.75) is 12.6 Å². The molecule has 0 amide bonds. The third-order valence-corrected chi connectivity index (χ3v) is 4.02. The van der Waals surface area contributed by atoms with Gasteiger partial charge in [-0.3, -0.25) is 0 Å². The third kappa shape index (κ3) is 3.20. The van der Waals surface area contributed by atoms with Gasteiger partial charge in [-0.05, 0) is 39.2 Å². The summed E-state index contributed by atoms with van der Waals surface area (Å²) < 4.78 is 11.6. The topological polar surface area (TPSA) is 50.7 Å². The van der Waals surface area contributed by atoms with Crippen molar-refractivity contribution >= 4 is 15.9 Å². The summed E-state index contributed by atoms with van der Waals surface area (Å²) in [5.41, 5.74) is 2.14. The van der Waals surface area contributed by atoms with Gasteiger partial charge in [0.2, 0.25) is 6.79 Å². The molecule has 1 atom stereocenters. The molecule has 5 heteroatoms. The van der Waals surface area contributed by atoms with Crippen molar-refractivity contribution in [3.8, 4) is 11.5 Å². The highest BCUT2D eigenvalue weighted by molar-refractivity contribution is 9.10. The summed E-state index contributed by atoms with van der Waals surface area (Å²) in [6, 6.07) is 13.8. The second-order valence-corrected chi connectivity index (χ2v) is 5.69. The zero-order chi connectivity index (χ0) is 14.7. The zero-order valence-electron chi connectivity index (χ0n) is 11.4. The third-order valence-electron chi connectivity index (χ3n) is 3.43. The molecule has 0 fully saturated rings. The smallest absolute Gasteiger partial charge is 0.231 e. The number of hydrogen-bond donors (Lipinski definition) is 2. The van der Waals surface area contributed by atoms with Gasteiger partial charge in [-0.1, -0.05) is 30.3 Å². The Balaban J connectivity index is 1.76. The molecule has 0 radical (unpaired) electrons. The molecule has 110 valence electrons. The van der Waals surface area contributed by atoms with Gasteiger partial charge in [0.15, 0.2) is 11.5 Å². The van der Waals surface area contributed by atoms with E-state index in [-0.39, 0.29) is 19.4 Å². The Bertz CT molecular complexity index is 618. The zero-order valence-corrected chi connectivity index (χ0v) is 13.0. The molecule has 0 aliphatic carbocycles. The first kappa shape index (κ1) is 14.4. The number of benzene rings is 2. The van der Waals surface area contributed by atoms with E-state index in [2.05, 4.69) is 33.4 Å². The molecular weight excluding hydrogens is 334 g/mol. The standard InChI is InChI=1S/C16H16BrNO3/c17-13-6-12(7-15-16(13)21-10-20-15)14(9-19)18-8-11-4-2-1-3-5-11/h1-7,14,18-19H,8-10H2. The minimum atomic E-state index is -0.156. The van der Waals surface area contributed by atoms with Gasteiger partial charge in [0.1, 0.15) is 0 Å². The first-order valence-electron chi connectivity index (χ1n) is 6.75. The number of hydrogen-bond acceptors (Lipinski definition) is 4. The Kier molecular flexibility index (Phi) is 4.43. The molecular formula is C16H16BrNO3. The molecule has 2 N–H and O–H groups in total. The van der Waals surface area contributed by atoms with E-state index in [1.54, 1.807) is 0 Å². The van der Waals surface area contributed by atoms with E-state index in [1.165, 1.54) is 5.56 Å². The van der Waals surface area contributed by atoms with Crippen LogP contribution in [0.5, 0.6) is 11.5 Å². The number of ether oxygens (including phenoxy) is 2. The van der Waals surface area contributed by atoms with E-state index in [1.807, 2.05) is 30.3 Å². The summed E-state index contributed by atoms with van der Waals surface area (Å²) in [5.74, 6) is 1.43. The summed E-state index contributed by atoms with van der Waals surface area (Å²) in [6.45, 7) is 0.940. The molecule has 2 aromatic rings. The molecule has 0 spiro atoms. The summed E-state index contributed by atoms with van der Waals surface area (Å²) in [4.78, 5) is 0. The molecule has 0 bridgehead atoms. The van der Waals surface area contributed by atoms with E-state index in [9.17, 15) is 5.11 Å². The first-order chi connectivity index (χ1) is 10.3. The van der Waals surface area contributed by atoms with Crippen molar-refractivity contribution in [1.29, 1.82) is 0 Å². The number of aliphatic hydroxyl groups excluding tert-OH is 1. The number of aliphatic hydroxyl groups is 1. The highest BCUT2D eigenvalue weighted by atomic mass is 79.9. The van der Waals surface area contributed by atoms with Gasteiger partial charge < -0.3 is 19.9 Å². The summed E-state index contributed by atoms with van der Waals surface area (Å²) >= 11 is 3.48. The van der Waals surface area contributed by atoms with E-state index in [0.717, 1.165) is 15.8 Å². The van der Waals surface area contributed by atoms with Gasteiger partial charge in [-0.25, -0.2) is 0 Å². The van der Waals surface area contributed by atoms with Crippen LogP contribution in [0.1, 0.15) is 17.2 Å². The fraction of sp³-hybridized carbons (Fsp3) is 0.250. The maximum atomic E-state index is 9.65. The second-order valence-electron chi connectivity index (χ2n) is 4.84. The van der Waals surface area contributed by atoms with Crippen molar-refractivity contribution in [2.24, 2.45) is 0 Å². The van der Waals surface area contributed by atoms with Crippen LogP contribution in [0.15, 0.2) is 46.9 Å². The van der Waals surface area contributed by atoms with Crippen LogP contribution >= 0.6 is 15.9 Å². The summed E-state index contributed by atoms with van der Waals surface area (Å²) in [5, 5.41) is 13.0. The van der Waals surface area contributed by atoms with Gasteiger partial charge in [-0.2, -0.15) is 0 Å². The molecule has 0 saturated carbocycles. The number of halogens is 1. The lowest BCUT2D eigenvalue weighted by molar-refractivity contribution is 0.173. The second kappa shape index (κ2) is 6.47. The van der Waals surface area contributed by atoms with Crippen molar-refractivity contribution < 1.29 is 14.6 Å². The quantitative estimate of drug-likeness (QED) is 0.871. The van der Waals surface area contributed by atoms with E-state index in [4.69, 9.17) is 9.47 Å². The van der Waals surface area contributed by atoms with Crippen LogP contribution in [0.3, 0.4) is 0 Å². The van der Waals surface area contributed by atoms with Crippen LogP contribution in [0, 0.1) is 0 Å². The van der Waals surface area contributed by atoms with Crippen LogP contribution in [0.2, 0.25) is 0 Å². The van der Waals surface area contributed by atoms with Crippen molar-refractivity contribution in [3.05, 3.63) is 58.1 Å². The normalized spacial score (nSPS) is 14.2.